The van der Waals surface area contributed by atoms with Gasteiger partial charge in [0.05, 0.1) is 27.2 Å². The topological polar surface area (TPSA) is 3.24 Å². The maximum absolute atomic E-state index is 4.89. The minimum atomic E-state index is -0.556. The van der Waals surface area contributed by atoms with Gasteiger partial charge in [-0.05, 0) is 20.5 Å². The molecule has 0 N–H and O–H groups in total. The summed E-state index contributed by atoms with van der Waals surface area (Å²) in [4.78, 5) is 2.27. The van der Waals surface area contributed by atoms with Crippen molar-refractivity contribution in [1.82, 2.24) is 4.90 Å². The molecule has 0 spiro atoms. The number of rotatable bonds is 6. The van der Waals surface area contributed by atoms with E-state index in [1.165, 1.54) is 41.8 Å². The van der Waals surface area contributed by atoms with Crippen molar-refractivity contribution in [3.63, 3.8) is 0 Å². The van der Waals surface area contributed by atoms with Gasteiger partial charge in [0.2, 0.25) is 0 Å². The summed E-state index contributed by atoms with van der Waals surface area (Å²) in [7, 11) is 18.8. The summed E-state index contributed by atoms with van der Waals surface area (Å²) in [6.45, 7) is 12.7. The van der Waals surface area contributed by atoms with E-state index >= 15 is 0 Å². The molecule has 0 atom stereocenters. The third kappa shape index (κ3) is 7.42. The van der Waals surface area contributed by atoms with Crippen LogP contribution in [0.15, 0.2) is 0 Å². The second kappa shape index (κ2) is 10.4. The number of likely N-dealkylation sites (N-methyl/N-ethyl adjacent to an activating group) is 2. The summed E-state index contributed by atoms with van der Waals surface area (Å²) in [5.74, 6) is 0. The molecule has 0 radical (unpaired) electrons. The first-order chi connectivity index (χ1) is 10.1. The Morgan fingerprint density at radius 3 is 1.73 bits per heavy atom. The van der Waals surface area contributed by atoms with Crippen molar-refractivity contribution in [2.24, 2.45) is 0 Å². The van der Waals surface area contributed by atoms with Gasteiger partial charge in [-0.15, -0.1) is 5.56 Å². The van der Waals surface area contributed by atoms with E-state index in [0.29, 0.717) is 0 Å². The molecule has 0 fully saturated rings. The van der Waals surface area contributed by atoms with Crippen LogP contribution in [0.4, 0.5) is 0 Å². The van der Waals surface area contributed by atoms with Crippen molar-refractivity contribution in [2.45, 2.75) is 34.1 Å². The summed E-state index contributed by atoms with van der Waals surface area (Å²) < 4.78 is 1.10. The van der Waals surface area contributed by atoms with Crippen LogP contribution in [0.5, 0.6) is 0 Å². The van der Waals surface area contributed by atoms with E-state index in [0.717, 1.165) is 11.0 Å². The standard InChI is InChI=1S/C17H32N2.2ClH.Ti/c1-13-14(2)16(4)17(15(13)3)9-11-19(7,8)12-10-18(5)6;;;/h9-12H2,1-8H3;2*1H;/q;;;+2/p-2. The Bertz CT molecular complexity index is 429. The molecule has 5 heteroatoms. The van der Waals surface area contributed by atoms with Crippen LogP contribution >= 0.6 is 18.6 Å². The van der Waals surface area contributed by atoms with Crippen LogP contribution < -0.4 is 0 Å². The van der Waals surface area contributed by atoms with Gasteiger partial charge in [0, 0.05) is 6.54 Å². The Morgan fingerprint density at radius 1 is 0.955 bits per heavy atom. The van der Waals surface area contributed by atoms with Crippen LogP contribution in [-0.2, 0) is 23.5 Å². The van der Waals surface area contributed by atoms with Gasteiger partial charge in [-0.2, -0.15) is 22.3 Å². The maximum atomic E-state index is 4.89. The first kappa shape index (κ1) is 22.6. The molecule has 0 saturated carbocycles. The van der Waals surface area contributed by atoms with E-state index in [4.69, 9.17) is 18.6 Å². The van der Waals surface area contributed by atoms with Gasteiger partial charge >= 0.3 is 35.6 Å². The molecule has 0 unspecified atom stereocenters. The van der Waals surface area contributed by atoms with E-state index < -0.39 is 17.0 Å². The summed E-state index contributed by atoms with van der Waals surface area (Å²) >= 11 is -0.556. The molecular weight excluding hydrogens is 351 g/mol. The monoisotopic (exact) mass is 382 g/mol. The Morgan fingerprint density at radius 2 is 1.36 bits per heavy atom. The molecule has 0 aromatic heterocycles. The molecule has 0 aliphatic carbocycles. The van der Waals surface area contributed by atoms with Gasteiger partial charge in [-0.1, -0.05) is 27.7 Å². The van der Waals surface area contributed by atoms with E-state index in [2.05, 4.69) is 60.8 Å². The minimum absolute atomic E-state index is 0.556. The molecule has 0 amide bonds. The molecule has 22 heavy (non-hydrogen) atoms. The molecule has 0 saturated heterocycles. The third-order valence-electron chi connectivity index (χ3n) is 4.71. The predicted molar refractivity (Wildman–Crippen MR) is 96.8 cm³/mol. The molecule has 0 aliphatic heterocycles. The third-order valence-corrected chi connectivity index (χ3v) is 4.71. The van der Waals surface area contributed by atoms with E-state index in [9.17, 15) is 0 Å². The summed E-state index contributed by atoms with van der Waals surface area (Å²) in [6, 6.07) is 0. The normalized spacial score (nSPS) is 11.4. The fourth-order valence-corrected chi connectivity index (χ4v) is 2.67. The van der Waals surface area contributed by atoms with Gasteiger partial charge in [0.1, 0.15) is 0 Å². The van der Waals surface area contributed by atoms with Crippen LogP contribution in [0.25, 0.3) is 0 Å². The molecule has 1 aromatic carbocycles. The van der Waals surface area contributed by atoms with E-state index in [-0.39, 0.29) is 0 Å². The first-order valence-electron chi connectivity index (χ1n) is 7.72. The fourth-order valence-electron chi connectivity index (χ4n) is 2.67. The number of hydrogen-bond donors (Lipinski definition) is 0. The van der Waals surface area contributed by atoms with Crippen LogP contribution in [-0.4, -0.2) is 57.2 Å². The molecular formula is C17H32Cl2N2Ti. The molecule has 0 aliphatic rings. The second-order valence-corrected chi connectivity index (χ2v) is 9.57. The summed E-state index contributed by atoms with van der Waals surface area (Å²) in [5.41, 5.74) is 7.61. The molecule has 128 valence electrons. The average molecular weight is 383 g/mol. The Balaban J connectivity index is 0.00000135. The van der Waals surface area contributed by atoms with Gasteiger partial charge in [-0.25, -0.2) is 0 Å². The van der Waals surface area contributed by atoms with Crippen molar-refractivity contribution in [3.8, 4) is 0 Å². The number of halogens is 2. The van der Waals surface area contributed by atoms with Crippen molar-refractivity contribution >= 4 is 18.6 Å². The average Bonchev–Trinajstić information content (AvgIpc) is 2.60. The second-order valence-electron chi connectivity index (χ2n) is 6.99. The Kier molecular flexibility index (Phi) is 10.7. The van der Waals surface area contributed by atoms with Crippen molar-refractivity contribution < 1.29 is 21.5 Å². The molecule has 1 rings (SSSR count). The number of nitrogens with zero attached hydrogens (tertiary/aromatic N) is 2. The molecule has 0 bridgehead atoms. The van der Waals surface area contributed by atoms with Gasteiger partial charge < -0.3 is 9.38 Å². The fraction of sp³-hybridized carbons (Fsp3) is 0.706. The molecule has 1 aromatic rings. The predicted octanol–water partition coefficient (Wildman–Crippen LogP) is 4.20. The van der Waals surface area contributed by atoms with E-state index in [1.54, 1.807) is 5.56 Å². The summed E-state index contributed by atoms with van der Waals surface area (Å²) in [6.07, 6.45) is 1.20. The Hall–Kier alpha value is 0.564. The van der Waals surface area contributed by atoms with Crippen LogP contribution in [0.3, 0.4) is 0 Å². The zero-order valence-electron chi connectivity index (χ0n) is 15.5. The van der Waals surface area contributed by atoms with Crippen LogP contribution in [0.1, 0.15) is 27.8 Å². The SMILES string of the molecule is Cc1c(C)c(C)[c-](CC[N+](C)(C)CCN(C)C)c1C.[Cl][Ti][Cl]. The van der Waals surface area contributed by atoms with Crippen LogP contribution in [0, 0.1) is 27.7 Å². The van der Waals surface area contributed by atoms with Crippen LogP contribution in [0.2, 0.25) is 0 Å². The quantitative estimate of drug-likeness (QED) is 0.405. The molecule has 0 heterocycles. The zero-order valence-corrected chi connectivity index (χ0v) is 18.6. The van der Waals surface area contributed by atoms with Crippen molar-refractivity contribution in [1.29, 1.82) is 0 Å². The number of hydrogen-bond acceptors (Lipinski definition) is 1. The van der Waals surface area contributed by atoms with Gasteiger partial charge in [-0.3, -0.25) is 0 Å². The first-order valence-corrected chi connectivity index (χ1v) is 12.0. The number of quaternary nitrogens is 1. The molecule has 2 nitrogen and oxygen atoms in total. The van der Waals surface area contributed by atoms with Gasteiger partial charge in [0.15, 0.2) is 0 Å². The van der Waals surface area contributed by atoms with Crippen molar-refractivity contribution in [2.75, 3.05) is 47.8 Å². The van der Waals surface area contributed by atoms with Crippen molar-refractivity contribution in [3.05, 3.63) is 27.8 Å². The van der Waals surface area contributed by atoms with Gasteiger partial charge in [0.25, 0.3) is 0 Å². The van der Waals surface area contributed by atoms with E-state index in [1.807, 2.05) is 0 Å². The Labute approximate surface area is 154 Å². The summed E-state index contributed by atoms with van der Waals surface area (Å²) in [5, 5.41) is 0. The zero-order chi connectivity index (χ0) is 17.5.